The number of halogens is 3. The van der Waals surface area contributed by atoms with Gasteiger partial charge in [-0.1, -0.05) is 53.5 Å². The molecule has 0 radical (unpaired) electrons. The minimum absolute atomic E-state index is 0.324. The first-order valence-electron chi connectivity index (χ1n) is 9.11. The molecule has 0 saturated carbocycles. The van der Waals surface area contributed by atoms with Crippen LogP contribution in [0.1, 0.15) is 11.1 Å². The lowest BCUT2D eigenvalue weighted by Crippen LogP contribution is -2.27. The van der Waals surface area contributed by atoms with Crippen LogP contribution in [0.5, 0.6) is 5.75 Å². The van der Waals surface area contributed by atoms with Crippen LogP contribution in [-0.4, -0.2) is 11.1 Å². The number of hydrogen-bond donors (Lipinski definition) is 0. The number of benzene rings is 3. The van der Waals surface area contributed by atoms with Gasteiger partial charge in [0.2, 0.25) is 0 Å². The van der Waals surface area contributed by atoms with Crippen LogP contribution in [0, 0.1) is 0 Å². The van der Waals surface area contributed by atoms with Gasteiger partial charge in [0.1, 0.15) is 6.61 Å². The summed E-state index contributed by atoms with van der Waals surface area (Å²) in [5.74, 6) is 0.127. The van der Waals surface area contributed by atoms with Crippen LogP contribution in [0.4, 0.5) is 10.5 Å². The van der Waals surface area contributed by atoms with Crippen LogP contribution in [0.15, 0.2) is 76.1 Å². The number of thioether (sulfide) groups is 1. The molecule has 3 aromatic carbocycles. The number of carbonyl (C=O) groups excluding carboxylic acids is 2. The van der Waals surface area contributed by atoms with Crippen molar-refractivity contribution in [3.63, 3.8) is 0 Å². The quantitative estimate of drug-likeness (QED) is 0.316. The van der Waals surface area contributed by atoms with Crippen molar-refractivity contribution < 1.29 is 14.3 Å². The lowest BCUT2D eigenvalue weighted by atomic mass is 10.2. The molecule has 4 rings (SSSR count). The highest BCUT2D eigenvalue weighted by Crippen LogP contribution is 2.39. The molecule has 1 aliphatic rings. The number of anilines is 1. The summed E-state index contributed by atoms with van der Waals surface area (Å²) in [7, 11) is 0. The number of rotatable bonds is 5. The number of amides is 2. The summed E-state index contributed by atoms with van der Waals surface area (Å²) in [6.07, 6.45) is 1.65. The van der Waals surface area contributed by atoms with Crippen molar-refractivity contribution in [2.75, 3.05) is 4.90 Å². The normalized spacial score (nSPS) is 15.1. The van der Waals surface area contributed by atoms with Crippen molar-refractivity contribution >= 4 is 73.8 Å². The Labute approximate surface area is 201 Å². The van der Waals surface area contributed by atoms with E-state index in [2.05, 4.69) is 15.9 Å². The Bertz CT molecular complexity index is 1160. The number of nitrogens with zero attached hydrogens (tertiary/aromatic N) is 1. The molecule has 3 aromatic rings. The summed E-state index contributed by atoms with van der Waals surface area (Å²) in [6, 6.07) is 19.7. The molecule has 0 aromatic heterocycles. The second-order valence-corrected chi connectivity index (χ2v) is 9.27. The Morgan fingerprint density at radius 1 is 1.00 bits per heavy atom. The van der Waals surface area contributed by atoms with Gasteiger partial charge in [0.25, 0.3) is 11.1 Å². The highest BCUT2D eigenvalue weighted by atomic mass is 79.9. The summed E-state index contributed by atoms with van der Waals surface area (Å²) >= 11 is 16.7. The summed E-state index contributed by atoms with van der Waals surface area (Å²) in [4.78, 5) is 26.6. The third-order valence-electron chi connectivity index (χ3n) is 4.42. The fourth-order valence-corrected chi connectivity index (χ4v) is 4.91. The lowest BCUT2D eigenvalue weighted by Gasteiger charge is -2.12. The average Bonchev–Trinajstić information content (AvgIpc) is 3.02. The van der Waals surface area contributed by atoms with Gasteiger partial charge in [-0.2, -0.15) is 0 Å². The fourth-order valence-electron chi connectivity index (χ4n) is 2.96. The Kier molecular flexibility index (Phi) is 6.72. The number of imide groups is 1. The second kappa shape index (κ2) is 9.49. The van der Waals surface area contributed by atoms with Crippen molar-refractivity contribution in [3.05, 3.63) is 97.3 Å². The average molecular weight is 535 g/mol. The van der Waals surface area contributed by atoms with E-state index in [4.69, 9.17) is 27.9 Å². The monoisotopic (exact) mass is 533 g/mol. The third kappa shape index (κ3) is 4.99. The van der Waals surface area contributed by atoms with Gasteiger partial charge in [0, 0.05) is 5.02 Å². The maximum Gasteiger partial charge on any atom is 0.298 e. The fraction of sp³-hybridized carbons (Fsp3) is 0.0435. The van der Waals surface area contributed by atoms with Crippen LogP contribution in [0.2, 0.25) is 10.0 Å². The first-order valence-corrected chi connectivity index (χ1v) is 11.5. The van der Waals surface area contributed by atoms with Gasteiger partial charge in [0.05, 0.1) is 20.1 Å². The van der Waals surface area contributed by atoms with Gasteiger partial charge >= 0.3 is 0 Å². The van der Waals surface area contributed by atoms with Crippen molar-refractivity contribution in [1.29, 1.82) is 0 Å². The lowest BCUT2D eigenvalue weighted by molar-refractivity contribution is -0.113. The van der Waals surface area contributed by atoms with E-state index in [1.54, 1.807) is 54.6 Å². The Morgan fingerprint density at radius 3 is 2.39 bits per heavy atom. The molecule has 156 valence electrons. The van der Waals surface area contributed by atoms with E-state index in [9.17, 15) is 9.59 Å². The zero-order chi connectivity index (χ0) is 22.0. The Morgan fingerprint density at radius 2 is 1.71 bits per heavy atom. The zero-order valence-corrected chi connectivity index (χ0v) is 19.8. The van der Waals surface area contributed by atoms with E-state index in [0.717, 1.165) is 22.2 Å². The predicted octanol–water partition coefficient (Wildman–Crippen LogP) is 7.58. The molecule has 0 atom stereocenters. The predicted molar refractivity (Wildman–Crippen MR) is 130 cm³/mol. The van der Waals surface area contributed by atoms with Crippen LogP contribution >= 0.6 is 50.9 Å². The van der Waals surface area contributed by atoms with E-state index < -0.39 is 0 Å². The number of para-hydroxylation sites is 1. The molecule has 1 saturated heterocycles. The van der Waals surface area contributed by atoms with Gasteiger partial charge in [-0.25, -0.2) is 4.90 Å². The second-order valence-electron chi connectivity index (χ2n) is 6.58. The van der Waals surface area contributed by atoms with E-state index in [1.807, 2.05) is 18.2 Å². The maximum atomic E-state index is 12.8. The molecule has 1 heterocycles. The van der Waals surface area contributed by atoms with Crippen LogP contribution < -0.4 is 9.64 Å². The Hall–Kier alpha value is -2.25. The molecule has 8 heteroatoms. The molecule has 1 aliphatic heterocycles. The minimum Gasteiger partial charge on any atom is -0.486 e. The first-order chi connectivity index (χ1) is 14.9. The van der Waals surface area contributed by atoms with Crippen molar-refractivity contribution in [3.8, 4) is 5.75 Å². The SMILES string of the molecule is O=C1S/C(=C\c2cc(Cl)c(OCc3ccc(Cl)cc3)c(Br)c2)C(=O)N1c1ccccc1. The van der Waals surface area contributed by atoms with E-state index in [-0.39, 0.29) is 11.1 Å². The van der Waals surface area contributed by atoms with E-state index in [1.165, 1.54) is 0 Å². The molecular weight excluding hydrogens is 521 g/mol. The molecule has 1 fully saturated rings. The molecule has 0 bridgehead atoms. The summed E-state index contributed by atoms with van der Waals surface area (Å²) in [5, 5.41) is 0.705. The maximum absolute atomic E-state index is 12.8. The molecule has 0 N–H and O–H groups in total. The van der Waals surface area contributed by atoms with Gasteiger partial charge in [-0.05, 0) is 81.3 Å². The molecular formula is C23H14BrCl2NO3S. The highest BCUT2D eigenvalue weighted by molar-refractivity contribution is 9.10. The first kappa shape index (κ1) is 22.0. The minimum atomic E-state index is -0.364. The van der Waals surface area contributed by atoms with E-state index >= 15 is 0 Å². The topological polar surface area (TPSA) is 46.6 Å². The summed E-state index contributed by atoms with van der Waals surface area (Å²) in [6.45, 7) is 0.324. The summed E-state index contributed by atoms with van der Waals surface area (Å²) < 4.78 is 6.50. The van der Waals surface area contributed by atoms with Crippen LogP contribution in [0.25, 0.3) is 6.08 Å². The zero-order valence-electron chi connectivity index (χ0n) is 15.8. The molecule has 4 nitrogen and oxygen atoms in total. The number of carbonyl (C=O) groups is 2. The van der Waals surface area contributed by atoms with Gasteiger partial charge in [0.15, 0.2) is 5.75 Å². The van der Waals surface area contributed by atoms with Crippen LogP contribution in [-0.2, 0) is 11.4 Å². The summed E-state index contributed by atoms with van der Waals surface area (Å²) in [5.41, 5.74) is 2.17. The van der Waals surface area contributed by atoms with Crippen molar-refractivity contribution in [1.82, 2.24) is 0 Å². The number of ether oxygens (including phenoxy) is 1. The third-order valence-corrected chi connectivity index (χ3v) is 6.41. The molecule has 31 heavy (non-hydrogen) atoms. The van der Waals surface area contributed by atoms with Gasteiger partial charge in [-0.15, -0.1) is 0 Å². The largest absolute Gasteiger partial charge is 0.486 e. The standard InChI is InChI=1S/C23H14BrCl2NO3S/c24-18-10-15(11-19(26)21(18)30-13-14-6-8-16(25)9-7-14)12-20-22(28)27(23(29)31-20)17-4-2-1-3-5-17/h1-12H,13H2/b20-12-. The van der Waals surface area contributed by atoms with E-state index in [0.29, 0.717) is 43.0 Å². The molecule has 0 aliphatic carbocycles. The highest BCUT2D eigenvalue weighted by Gasteiger charge is 2.36. The van der Waals surface area contributed by atoms with Gasteiger partial charge in [-0.3, -0.25) is 9.59 Å². The van der Waals surface area contributed by atoms with Crippen LogP contribution in [0.3, 0.4) is 0 Å². The molecule has 0 spiro atoms. The Balaban J connectivity index is 1.54. The van der Waals surface area contributed by atoms with Gasteiger partial charge < -0.3 is 4.74 Å². The molecule has 0 unspecified atom stereocenters. The van der Waals surface area contributed by atoms with Crippen molar-refractivity contribution in [2.24, 2.45) is 0 Å². The van der Waals surface area contributed by atoms with Crippen molar-refractivity contribution in [2.45, 2.75) is 6.61 Å². The smallest absolute Gasteiger partial charge is 0.298 e. The molecule has 2 amide bonds. The number of hydrogen-bond acceptors (Lipinski definition) is 4.